The largest absolute Gasteiger partial charge is 0.382 e. The Morgan fingerprint density at radius 3 is 2.43 bits per heavy atom. The van der Waals surface area contributed by atoms with Gasteiger partial charge in [0.15, 0.2) is 5.96 Å². The average Bonchev–Trinajstić information content (AvgIpc) is 2.57. The number of likely N-dealkylation sites (tertiary alicyclic amines) is 1. The van der Waals surface area contributed by atoms with Crippen LogP contribution in [0, 0.1) is 5.92 Å². The summed E-state index contributed by atoms with van der Waals surface area (Å²) in [6, 6.07) is 0. The molecule has 6 heteroatoms. The highest BCUT2D eigenvalue weighted by molar-refractivity contribution is 5.79. The Hall–Kier alpha value is -0.850. The molecule has 136 valence electrons. The van der Waals surface area contributed by atoms with Crippen molar-refractivity contribution in [3.05, 3.63) is 0 Å². The molecule has 1 rings (SSSR count). The van der Waals surface area contributed by atoms with Crippen molar-refractivity contribution in [2.45, 2.75) is 32.6 Å². The number of rotatable bonds is 11. The zero-order valence-corrected chi connectivity index (χ0v) is 15.3. The van der Waals surface area contributed by atoms with E-state index in [2.05, 4.69) is 27.4 Å². The molecule has 0 bridgehead atoms. The van der Waals surface area contributed by atoms with E-state index in [9.17, 15) is 0 Å². The molecular weight excluding hydrogens is 292 g/mol. The minimum atomic E-state index is 0.659. The number of piperidine rings is 1. The third-order valence-electron chi connectivity index (χ3n) is 4.23. The van der Waals surface area contributed by atoms with Gasteiger partial charge in [0, 0.05) is 33.9 Å². The second-order valence-corrected chi connectivity index (χ2v) is 6.26. The predicted octanol–water partition coefficient (Wildman–Crippen LogP) is 1.33. The predicted molar refractivity (Wildman–Crippen MR) is 96.1 cm³/mol. The van der Waals surface area contributed by atoms with Crippen LogP contribution in [0.2, 0.25) is 0 Å². The Morgan fingerprint density at radius 1 is 1.09 bits per heavy atom. The number of methoxy groups -OCH3 is 1. The molecule has 0 unspecified atom stereocenters. The summed E-state index contributed by atoms with van der Waals surface area (Å²) in [6.07, 6.45) is 4.83. The van der Waals surface area contributed by atoms with Crippen LogP contribution in [-0.4, -0.2) is 77.6 Å². The van der Waals surface area contributed by atoms with Crippen molar-refractivity contribution in [1.82, 2.24) is 15.5 Å². The van der Waals surface area contributed by atoms with E-state index in [1.165, 1.54) is 32.5 Å². The first-order valence-electron chi connectivity index (χ1n) is 8.99. The van der Waals surface area contributed by atoms with E-state index in [-0.39, 0.29) is 0 Å². The van der Waals surface area contributed by atoms with Gasteiger partial charge in [0.25, 0.3) is 0 Å². The van der Waals surface area contributed by atoms with Crippen LogP contribution in [0.5, 0.6) is 0 Å². The van der Waals surface area contributed by atoms with Crippen LogP contribution in [-0.2, 0) is 9.47 Å². The van der Waals surface area contributed by atoms with Gasteiger partial charge in [0.1, 0.15) is 0 Å². The van der Waals surface area contributed by atoms with Crippen LogP contribution in [0.3, 0.4) is 0 Å². The van der Waals surface area contributed by atoms with Crippen LogP contribution < -0.4 is 10.6 Å². The van der Waals surface area contributed by atoms with Crippen LogP contribution in [0.4, 0.5) is 0 Å². The van der Waals surface area contributed by atoms with Crippen molar-refractivity contribution in [1.29, 1.82) is 0 Å². The number of aliphatic imine (C=N–C) groups is 1. The Morgan fingerprint density at radius 2 is 1.78 bits per heavy atom. The lowest BCUT2D eigenvalue weighted by atomic mass is 9.99. The first-order chi connectivity index (χ1) is 11.3. The molecule has 0 aliphatic carbocycles. The van der Waals surface area contributed by atoms with E-state index >= 15 is 0 Å². The van der Waals surface area contributed by atoms with Gasteiger partial charge in [-0.25, -0.2) is 0 Å². The summed E-state index contributed by atoms with van der Waals surface area (Å²) in [4.78, 5) is 6.83. The molecule has 0 spiro atoms. The molecule has 0 aromatic carbocycles. The number of guanidine groups is 1. The maximum absolute atomic E-state index is 5.43. The third-order valence-corrected chi connectivity index (χ3v) is 4.23. The van der Waals surface area contributed by atoms with E-state index < -0.39 is 0 Å². The van der Waals surface area contributed by atoms with E-state index in [1.807, 2.05) is 7.05 Å². The second kappa shape index (κ2) is 13.6. The highest BCUT2D eigenvalue weighted by atomic mass is 16.5. The molecule has 1 saturated heterocycles. The fourth-order valence-electron chi connectivity index (χ4n) is 2.64. The minimum Gasteiger partial charge on any atom is -0.382 e. The quantitative estimate of drug-likeness (QED) is 0.340. The normalized spacial score (nSPS) is 17.4. The minimum absolute atomic E-state index is 0.659. The fourth-order valence-corrected chi connectivity index (χ4v) is 2.64. The van der Waals surface area contributed by atoms with Crippen molar-refractivity contribution in [3.63, 3.8) is 0 Å². The van der Waals surface area contributed by atoms with Crippen LogP contribution >= 0.6 is 0 Å². The van der Waals surface area contributed by atoms with Crippen molar-refractivity contribution < 1.29 is 9.47 Å². The topological polar surface area (TPSA) is 58.1 Å². The van der Waals surface area contributed by atoms with Gasteiger partial charge in [0.05, 0.1) is 13.2 Å². The summed E-state index contributed by atoms with van der Waals surface area (Å²) < 4.78 is 10.4. The zero-order valence-electron chi connectivity index (χ0n) is 15.3. The first-order valence-corrected chi connectivity index (χ1v) is 8.99. The molecule has 2 N–H and O–H groups in total. The molecule has 23 heavy (non-hydrogen) atoms. The smallest absolute Gasteiger partial charge is 0.190 e. The molecule has 0 amide bonds. The van der Waals surface area contributed by atoms with Gasteiger partial charge >= 0.3 is 0 Å². The van der Waals surface area contributed by atoms with E-state index in [4.69, 9.17) is 9.47 Å². The molecule has 0 atom stereocenters. The Bertz CT molecular complexity index is 305. The maximum Gasteiger partial charge on any atom is 0.190 e. The molecule has 1 heterocycles. The van der Waals surface area contributed by atoms with Gasteiger partial charge in [-0.05, 0) is 51.2 Å². The van der Waals surface area contributed by atoms with Crippen molar-refractivity contribution in [2.75, 3.05) is 66.7 Å². The van der Waals surface area contributed by atoms with Crippen molar-refractivity contribution in [3.8, 4) is 0 Å². The third kappa shape index (κ3) is 10.5. The fraction of sp³-hybridized carbons (Fsp3) is 0.941. The lowest BCUT2D eigenvalue weighted by Gasteiger charge is -2.30. The summed E-state index contributed by atoms with van der Waals surface area (Å²) in [7, 11) is 3.50. The Labute approximate surface area is 142 Å². The number of hydrogen-bond acceptors (Lipinski definition) is 4. The van der Waals surface area contributed by atoms with Crippen molar-refractivity contribution in [2.24, 2.45) is 10.9 Å². The highest BCUT2D eigenvalue weighted by Gasteiger charge is 2.14. The molecule has 0 aromatic rings. The lowest BCUT2D eigenvalue weighted by Crippen LogP contribution is -2.40. The summed E-state index contributed by atoms with van der Waals surface area (Å²) in [5.41, 5.74) is 0. The van der Waals surface area contributed by atoms with Gasteiger partial charge in [-0.3, -0.25) is 4.99 Å². The summed E-state index contributed by atoms with van der Waals surface area (Å²) in [5.74, 6) is 1.79. The number of nitrogens with zero attached hydrogens (tertiary/aromatic N) is 2. The molecule has 1 aliphatic heterocycles. The first kappa shape index (κ1) is 20.2. The standard InChI is InChI=1S/C17H36N4O2/c1-16-6-11-21(12-7-16)10-4-8-19-17(18-2)20-9-5-13-23-15-14-22-3/h16H,4-15H2,1-3H3,(H2,18,19,20). The molecule has 0 radical (unpaired) electrons. The second-order valence-electron chi connectivity index (χ2n) is 6.26. The number of nitrogens with one attached hydrogen (secondary N) is 2. The van der Waals surface area contributed by atoms with Crippen molar-refractivity contribution >= 4 is 5.96 Å². The Kier molecular flexibility index (Phi) is 11.9. The molecule has 6 nitrogen and oxygen atoms in total. The van der Waals surface area contributed by atoms with Crippen LogP contribution in [0.1, 0.15) is 32.6 Å². The molecular formula is C17H36N4O2. The van der Waals surface area contributed by atoms with Gasteiger partial charge in [-0.15, -0.1) is 0 Å². The van der Waals surface area contributed by atoms with E-state index in [1.54, 1.807) is 7.11 Å². The average molecular weight is 329 g/mol. The summed E-state index contributed by atoms with van der Waals surface area (Å²) in [5, 5.41) is 6.70. The summed E-state index contributed by atoms with van der Waals surface area (Å²) >= 11 is 0. The summed E-state index contributed by atoms with van der Waals surface area (Å²) in [6.45, 7) is 9.98. The van der Waals surface area contributed by atoms with Crippen LogP contribution in [0.25, 0.3) is 0 Å². The molecule has 1 aliphatic rings. The SMILES string of the molecule is CN=C(NCCCOCCOC)NCCCN1CCC(C)CC1. The highest BCUT2D eigenvalue weighted by Crippen LogP contribution is 2.15. The van der Waals surface area contributed by atoms with Gasteiger partial charge in [-0.2, -0.15) is 0 Å². The molecule has 0 aromatic heterocycles. The number of ether oxygens (including phenoxy) is 2. The Balaban J connectivity index is 1.95. The van der Waals surface area contributed by atoms with Gasteiger partial charge in [-0.1, -0.05) is 6.92 Å². The van der Waals surface area contributed by atoms with E-state index in [0.29, 0.717) is 13.2 Å². The maximum atomic E-state index is 5.43. The van der Waals surface area contributed by atoms with Gasteiger partial charge in [0.2, 0.25) is 0 Å². The lowest BCUT2D eigenvalue weighted by molar-refractivity contribution is 0.0698. The number of hydrogen-bond donors (Lipinski definition) is 2. The molecule has 0 saturated carbocycles. The zero-order chi connectivity index (χ0) is 16.8. The molecule has 1 fully saturated rings. The monoisotopic (exact) mass is 328 g/mol. The van der Waals surface area contributed by atoms with Crippen LogP contribution in [0.15, 0.2) is 4.99 Å². The van der Waals surface area contributed by atoms with E-state index in [0.717, 1.165) is 44.4 Å². The van der Waals surface area contributed by atoms with Gasteiger partial charge < -0.3 is 25.0 Å².